The van der Waals surface area contributed by atoms with Crippen molar-refractivity contribution in [1.29, 1.82) is 0 Å². The lowest BCUT2D eigenvalue weighted by Crippen LogP contribution is -2.54. The molecule has 0 aliphatic carbocycles. The van der Waals surface area contributed by atoms with Gasteiger partial charge in [-0.25, -0.2) is 0 Å². The number of anilines is 1. The Balaban J connectivity index is 1.44. The van der Waals surface area contributed by atoms with Crippen molar-refractivity contribution >= 4 is 33.4 Å². The van der Waals surface area contributed by atoms with E-state index in [1.54, 1.807) is 0 Å². The third-order valence-corrected chi connectivity index (χ3v) is 5.74. The second-order valence-corrected chi connectivity index (χ2v) is 7.99. The first-order valence-electron chi connectivity index (χ1n) is 9.33. The molecule has 2 saturated heterocycles. The number of amides is 2. The second kappa shape index (κ2) is 8.97. The molecule has 1 unspecified atom stereocenters. The summed E-state index contributed by atoms with van der Waals surface area (Å²) < 4.78 is 0.944. The van der Waals surface area contributed by atoms with Crippen LogP contribution in [0.2, 0.25) is 0 Å². The Morgan fingerprint density at radius 2 is 1.81 bits per heavy atom. The maximum atomic E-state index is 12.5. The molecule has 1 aromatic rings. The zero-order valence-corrected chi connectivity index (χ0v) is 16.9. The molecule has 142 valence electrons. The molecular formula is C19H27BrN4O2. The molecule has 1 N–H and O–H groups in total. The zero-order valence-electron chi connectivity index (χ0n) is 15.3. The normalized spacial score (nSPS) is 20.2. The Morgan fingerprint density at radius 3 is 2.46 bits per heavy atom. The predicted molar refractivity (Wildman–Crippen MR) is 106 cm³/mol. The molecule has 2 amide bonds. The standard InChI is InChI=1S/C19H27BrN4O2/c1-15(19(26)21-17-6-4-5-16(20)13-17)23-11-9-22(10-12-23)14-18(25)24-7-2-3-8-24/h4-6,13,15H,2-3,7-12,14H2,1H3,(H,21,26). The van der Waals surface area contributed by atoms with Crippen molar-refractivity contribution in [3.8, 4) is 0 Å². The van der Waals surface area contributed by atoms with E-state index in [9.17, 15) is 9.59 Å². The summed E-state index contributed by atoms with van der Waals surface area (Å²) in [5.41, 5.74) is 0.797. The van der Waals surface area contributed by atoms with Gasteiger partial charge in [0.15, 0.2) is 0 Å². The fourth-order valence-electron chi connectivity index (χ4n) is 3.55. The number of nitrogens with zero attached hydrogens (tertiary/aromatic N) is 3. The molecular weight excluding hydrogens is 396 g/mol. The lowest BCUT2D eigenvalue weighted by atomic mass is 10.2. The number of piperazine rings is 1. The molecule has 0 radical (unpaired) electrons. The van der Waals surface area contributed by atoms with E-state index in [-0.39, 0.29) is 17.9 Å². The van der Waals surface area contributed by atoms with E-state index >= 15 is 0 Å². The van der Waals surface area contributed by atoms with Gasteiger partial charge in [0.1, 0.15) is 0 Å². The molecule has 2 heterocycles. The monoisotopic (exact) mass is 422 g/mol. The number of hydrogen-bond donors (Lipinski definition) is 1. The van der Waals surface area contributed by atoms with E-state index < -0.39 is 0 Å². The number of carbonyl (C=O) groups excluding carboxylic acids is 2. The van der Waals surface area contributed by atoms with Gasteiger partial charge >= 0.3 is 0 Å². The minimum atomic E-state index is -0.189. The molecule has 7 heteroatoms. The summed E-state index contributed by atoms with van der Waals surface area (Å²) in [4.78, 5) is 31.1. The lowest BCUT2D eigenvalue weighted by Gasteiger charge is -2.37. The highest BCUT2D eigenvalue weighted by Gasteiger charge is 2.27. The molecule has 1 aromatic carbocycles. The quantitative estimate of drug-likeness (QED) is 0.788. The van der Waals surface area contributed by atoms with Gasteiger partial charge in [-0.3, -0.25) is 19.4 Å². The van der Waals surface area contributed by atoms with Gasteiger partial charge in [-0.05, 0) is 38.0 Å². The van der Waals surface area contributed by atoms with Crippen LogP contribution in [0.15, 0.2) is 28.7 Å². The zero-order chi connectivity index (χ0) is 18.5. The lowest BCUT2D eigenvalue weighted by molar-refractivity contribution is -0.132. The van der Waals surface area contributed by atoms with Crippen molar-refractivity contribution in [3.63, 3.8) is 0 Å². The summed E-state index contributed by atoms with van der Waals surface area (Å²) in [5, 5.41) is 2.98. The molecule has 3 rings (SSSR count). The van der Waals surface area contributed by atoms with E-state index in [0.717, 1.165) is 62.3 Å². The predicted octanol–water partition coefficient (Wildman–Crippen LogP) is 2.02. The maximum absolute atomic E-state index is 12.5. The van der Waals surface area contributed by atoms with Gasteiger partial charge in [0.05, 0.1) is 12.6 Å². The highest BCUT2D eigenvalue weighted by atomic mass is 79.9. The van der Waals surface area contributed by atoms with Crippen molar-refractivity contribution in [2.45, 2.75) is 25.8 Å². The number of likely N-dealkylation sites (tertiary alicyclic amines) is 1. The van der Waals surface area contributed by atoms with Crippen LogP contribution < -0.4 is 5.32 Å². The Kier molecular flexibility index (Phi) is 6.67. The molecule has 0 spiro atoms. The first-order valence-corrected chi connectivity index (χ1v) is 10.1. The fourth-order valence-corrected chi connectivity index (χ4v) is 3.94. The molecule has 6 nitrogen and oxygen atoms in total. The average molecular weight is 423 g/mol. The van der Waals surface area contributed by atoms with E-state index in [1.807, 2.05) is 36.1 Å². The minimum Gasteiger partial charge on any atom is -0.342 e. The molecule has 0 saturated carbocycles. The molecule has 0 bridgehead atoms. The highest BCUT2D eigenvalue weighted by Crippen LogP contribution is 2.17. The molecule has 0 aromatic heterocycles. The number of rotatable bonds is 5. The fraction of sp³-hybridized carbons (Fsp3) is 0.579. The Labute approximate surface area is 163 Å². The van der Waals surface area contributed by atoms with Crippen molar-refractivity contribution in [3.05, 3.63) is 28.7 Å². The third-order valence-electron chi connectivity index (χ3n) is 5.24. The smallest absolute Gasteiger partial charge is 0.241 e. The number of halogens is 1. The van der Waals surface area contributed by atoms with Crippen LogP contribution in [0.4, 0.5) is 5.69 Å². The first-order chi connectivity index (χ1) is 12.5. The van der Waals surface area contributed by atoms with Crippen molar-refractivity contribution in [2.75, 3.05) is 51.1 Å². The van der Waals surface area contributed by atoms with Gasteiger partial charge in [-0.1, -0.05) is 22.0 Å². The maximum Gasteiger partial charge on any atom is 0.241 e. The summed E-state index contributed by atoms with van der Waals surface area (Å²) in [5.74, 6) is 0.251. The van der Waals surface area contributed by atoms with Gasteiger partial charge in [0, 0.05) is 49.4 Å². The first kappa shape index (κ1) is 19.3. The third kappa shape index (κ3) is 5.05. The number of nitrogens with one attached hydrogen (secondary N) is 1. The largest absolute Gasteiger partial charge is 0.342 e. The summed E-state index contributed by atoms with van der Waals surface area (Å²) >= 11 is 3.42. The number of hydrogen-bond acceptors (Lipinski definition) is 4. The Bertz CT molecular complexity index is 640. The molecule has 2 fully saturated rings. The highest BCUT2D eigenvalue weighted by molar-refractivity contribution is 9.10. The minimum absolute atomic E-state index is 0.00435. The van der Waals surface area contributed by atoms with Crippen LogP contribution in [0, 0.1) is 0 Å². The molecule has 2 aliphatic heterocycles. The summed E-state index contributed by atoms with van der Waals surface area (Å²) in [6.07, 6.45) is 2.26. The summed E-state index contributed by atoms with van der Waals surface area (Å²) in [6, 6.07) is 7.43. The molecule has 2 aliphatic rings. The van der Waals surface area contributed by atoms with Gasteiger partial charge in [-0.15, -0.1) is 0 Å². The number of carbonyl (C=O) groups is 2. The topological polar surface area (TPSA) is 55.9 Å². The SMILES string of the molecule is CC(C(=O)Nc1cccc(Br)c1)N1CCN(CC(=O)N2CCCC2)CC1. The van der Waals surface area contributed by atoms with Gasteiger partial charge < -0.3 is 10.2 Å². The van der Waals surface area contributed by atoms with Crippen LogP contribution in [0.5, 0.6) is 0 Å². The number of benzene rings is 1. The summed E-state index contributed by atoms with van der Waals surface area (Å²) in [6.45, 7) is 7.53. The Hall–Kier alpha value is -1.44. The van der Waals surface area contributed by atoms with Crippen LogP contribution in [0.3, 0.4) is 0 Å². The average Bonchev–Trinajstić information content (AvgIpc) is 3.16. The summed E-state index contributed by atoms with van der Waals surface area (Å²) in [7, 11) is 0. The molecule has 1 atom stereocenters. The van der Waals surface area contributed by atoms with Gasteiger partial charge in [0.2, 0.25) is 11.8 Å². The van der Waals surface area contributed by atoms with Crippen molar-refractivity contribution in [2.24, 2.45) is 0 Å². The second-order valence-electron chi connectivity index (χ2n) is 7.08. The van der Waals surface area contributed by atoms with E-state index in [2.05, 4.69) is 31.0 Å². The van der Waals surface area contributed by atoms with E-state index in [4.69, 9.17) is 0 Å². The van der Waals surface area contributed by atoms with Crippen LogP contribution in [-0.4, -0.2) is 78.4 Å². The Morgan fingerprint density at radius 1 is 1.12 bits per heavy atom. The van der Waals surface area contributed by atoms with E-state index in [1.165, 1.54) is 0 Å². The van der Waals surface area contributed by atoms with Gasteiger partial charge in [0.25, 0.3) is 0 Å². The van der Waals surface area contributed by atoms with E-state index in [0.29, 0.717) is 6.54 Å². The van der Waals surface area contributed by atoms with Crippen LogP contribution >= 0.6 is 15.9 Å². The van der Waals surface area contributed by atoms with Gasteiger partial charge in [-0.2, -0.15) is 0 Å². The molecule has 26 heavy (non-hydrogen) atoms. The van der Waals surface area contributed by atoms with Crippen LogP contribution in [0.1, 0.15) is 19.8 Å². The van der Waals surface area contributed by atoms with Crippen molar-refractivity contribution in [1.82, 2.24) is 14.7 Å². The van der Waals surface area contributed by atoms with Crippen molar-refractivity contribution < 1.29 is 9.59 Å². The van der Waals surface area contributed by atoms with Crippen LogP contribution in [-0.2, 0) is 9.59 Å². The van der Waals surface area contributed by atoms with Crippen LogP contribution in [0.25, 0.3) is 0 Å².